The highest BCUT2D eigenvalue weighted by molar-refractivity contribution is 5.33. The number of ether oxygens (including phenoxy) is 1. The van der Waals surface area contributed by atoms with E-state index in [9.17, 15) is 0 Å². The van der Waals surface area contributed by atoms with Crippen molar-refractivity contribution in [3.63, 3.8) is 0 Å². The molecule has 2 rings (SSSR count). The number of hydrogen-bond donors (Lipinski definition) is 0. The van der Waals surface area contributed by atoms with Crippen molar-refractivity contribution in [2.24, 2.45) is 0 Å². The minimum Gasteiger partial charge on any atom is -0.385 e. The van der Waals surface area contributed by atoms with Crippen molar-refractivity contribution < 1.29 is 4.74 Å². The minimum atomic E-state index is 0.861. The van der Waals surface area contributed by atoms with E-state index in [1.54, 1.807) is 18.2 Å². The van der Waals surface area contributed by atoms with Crippen LogP contribution in [0, 0.1) is 0 Å². The average molecular weight is 233 g/mol. The fourth-order valence-electron chi connectivity index (χ4n) is 2.47. The van der Waals surface area contributed by atoms with E-state index in [1.807, 2.05) is 0 Å². The van der Waals surface area contributed by atoms with Crippen molar-refractivity contribution in [2.75, 3.05) is 33.9 Å². The molecule has 1 heterocycles. The Morgan fingerprint density at radius 3 is 2.71 bits per heavy atom. The first-order valence-corrected chi connectivity index (χ1v) is 6.58. The molecule has 2 nitrogen and oxygen atoms in total. The second-order valence-electron chi connectivity index (χ2n) is 5.00. The molecule has 0 atom stereocenters. The van der Waals surface area contributed by atoms with Crippen LogP contribution in [0.5, 0.6) is 0 Å². The molecule has 0 radical (unpaired) electrons. The highest BCUT2D eigenvalue weighted by atomic mass is 16.5. The van der Waals surface area contributed by atoms with Crippen molar-refractivity contribution in [1.82, 2.24) is 4.90 Å². The maximum Gasteiger partial charge on any atom is 0.0465 e. The van der Waals surface area contributed by atoms with Gasteiger partial charge in [0.2, 0.25) is 0 Å². The van der Waals surface area contributed by atoms with Gasteiger partial charge in [0.05, 0.1) is 0 Å². The summed E-state index contributed by atoms with van der Waals surface area (Å²) in [6, 6.07) is 7.03. The van der Waals surface area contributed by atoms with Crippen LogP contribution in [-0.2, 0) is 24.0 Å². The lowest BCUT2D eigenvalue weighted by molar-refractivity contribution is 0.195. The third-order valence-corrected chi connectivity index (χ3v) is 3.61. The highest BCUT2D eigenvalue weighted by Gasteiger charge is 2.11. The summed E-state index contributed by atoms with van der Waals surface area (Å²) >= 11 is 0. The number of rotatable bonds is 4. The quantitative estimate of drug-likeness (QED) is 0.740. The van der Waals surface area contributed by atoms with Crippen LogP contribution in [0.1, 0.15) is 23.1 Å². The van der Waals surface area contributed by atoms with Crippen molar-refractivity contribution in [3.05, 3.63) is 34.9 Å². The van der Waals surface area contributed by atoms with Gasteiger partial charge in [-0.3, -0.25) is 0 Å². The van der Waals surface area contributed by atoms with Crippen LogP contribution < -0.4 is 0 Å². The topological polar surface area (TPSA) is 12.5 Å². The Kier molecular flexibility index (Phi) is 4.57. The van der Waals surface area contributed by atoms with Crippen molar-refractivity contribution in [2.45, 2.75) is 25.7 Å². The van der Waals surface area contributed by atoms with Crippen LogP contribution in [0.3, 0.4) is 0 Å². The molecule has 0 N–H and O–H groups in total. The summed E-state index contributed by atoms with van der Waals surface area (Å²) in [5.41, 5.74) is 4.57. The standard InChI is InChI=1S/C15H23NO/c1-16-9-7-14-6-5-13(4-3-11-17-2)12-15(14)8-10-16/h5-6,12H,3-4,7-11H2,1-2H3. The molecule has 17 heavy (non-hydrogen) atoms. The zero-order chi connectivity index (χ0) is 12.1. The van der Waals surface area contributed by atoms with Gasteiger partial charge in [-0.15, -0.1) is 0 Å². The van der Waals surface area contributed by atoms with Crippen LogP contribution in [0.2, 0.25) is 0 Å². The lowest BCUT2D eigenvalue weighted by Crippen LogP contribution is -2.20. The van der Waals surface area contributed by atoms with Crippen LogP contribution in [0.25, 0.3) is 0 Å². The van der Waals surface area contributed by atoms with E-state index >= 15 is 0 Å². The summed E-state index contributed by atoms with van der Waals surface area (Å²) in [7, 11) is 3.98. The summed E-state index contributed by atoms with van der Waals surface area (Å²) in [5.74, 6) is 0. The van der Waals surface area contributed by atoms with E-state index in [1.165, 1.54) is 31.5 Å². The minimum absolute atomic E-state index is 0.861. The molecule has 2 heteroatoms. The molecule has 1 aliphatic heterocycles. The summed E-state index contributed by atoms with van der Waals surface area (Å²) in [6.07, 6.45) is 4.65. The zero-order valence-electron chi connectivity index (χ0n) is 11.0. The fraction of sp³-hybridized carbons (Fsp3) is 0.600. The first-order valence-electron chi connectivity index (χ1n) is 6.58. The molecule has 1 aromatic rings. The van der Waals surface area contributed by atoms with Crippen LogP contribution >= 0.6 is 0 Å². The summed E-state index contributed by atoms with van der Waals surface area (Å²) < 4.78 is 5.10. The van der Waals surface area contributed by atoms with Gasteiger partial charge in [-0.1, -0.05) is 18.2 Å². The maximum atomic E-state index is 5.10. The molecule has 0 saturated heterocycles. The SMILES string of the molecule is COCCCc1ccc2c(c1)CCN(C)CC2. The monoisotopic (exact) mass is 233 g/mol. The number of methoxy groups -OCH3 is 1. The van der Waals surface area contributed by atoms with E-state index in [-0.39, 0.29) is 0 Å². The molecule has 0 spiro atoms. The first-order chi connectivity index (χ1) is 8.29. The zero-order valence-corrected chi connectivity index (χ0v) is 11.0. The molecule has 1 aliphatic rings. The van der Waals surface area contributed by atoms with E-state index in [4.69, 9.17) is 4.74 Å². The van der Waals surface area contributed by atoms with Crippen molar-refractivity contribution in [3.8, 4) is 0 Å². The molecular weight excluding hydrogens is 210 g/mol. The normalized spacial score (nSPS) is 16.6. The van der Waals surface area contributed by atoms with Gasteiger partial charge in [-0.2, -0.15) is 0 Å². The van der Waals surface area contributed by atoms with Gasteiger partial charge in [-0.25, -0.2) is 0 Å². The molecule has 0 aromatic heterocycles. The fourth-order valence-corrected chi connectivity index (χ4v) is 2.47. The number of nitrogens with zero attached hydrogens (tertiary/aromatic N) is 1. The van der Waals surface area contributed by atoms with E-state index in [2.05, 4.69) is 30.1 Å². The molecule has 1 aromatic carbocycles. The van der Waals surface area contributed by atoms with Gasteiger partial charge in [0.25, 0.3) is 0 Å². The van der Waals surface area contributed by atoms with Crippen molar-refractivity contribution >= 4 is 0 Å². The van der Waals surface area contributed by atoms with Crippen molar-refractivity contribution in [1.29, 1.82) is 0 Å². The Morgan fingerprint density at radius 1 is 1.18 bits per heavy atom. The van der Waals surface area contributed by atoms with Gasteiger partial charge in [-0.05, 0) is 49.4 Å². The summed E-state index contributed by atoms with van der Waals surface area (Å²) in [6.45, 7) is 3.24. The molecule has 0 amide bonds. The second-order valence-corrected chi connectivity index (χ2v) is 5.00. The van der Waals surface area contributed by atoms with E-state index in [0.29, 0.717) is 0 Å². The number of likely N-dealkylation sites (N-methyl/N-ethyl adjacent to an activating group) is 1. The Labute approximate surface area is 105 Å². The van der Waals surface area contributed by atoms with Crippen LogP contribution in [0.15, 0.2) is 18.2 Å². The predicted octanol–water partition coefficient (Wildman–Crippen LogP) is 2.30. The Morgan fingerprint density at radius 2 is 1.94 bits per heavy atom. The molecule has 94 valence electrons. The Balaban J connectivity index is 2.03. The van der Waals surface area contributed by atoms with Gasteiger partial charge in [0, 0.05) is 26.8 Å². The largest absolute Gasteiger partial charge is 0.385 e. The first kappa shape index (κ1) is 12.6. The summed E-state index contributed by atoms with van der Waals surface area (Å²) in [5, 5.41) is 0. The number of benzene rings is 1. The van der Waals surface area contributed by atoms with Gasteiger partial charge < -0.3 is 9.64 Å². The number of fused-ring (bicyclic) bond motifs is 1. The maximum absolute atomic E-state index is 5.10. The van der Waals surface area contributed by atoms with Gasteiger partial charge in [0.1, 0.15) is 0 Å². The predicted molar refractivity (Wildman–Crippen MR) is 71.5 cm³/mol. The van der Waals surface area contributed by atoms with Crippen LogP contribution in [-0.4, -0.2) is 38.8 Å². The Bertz CT molecular complexity index is 362. The lowest BCUT2D eigenvalue weighted by atomic mass is 9.98. The molecule has 0 saturated carbocycles. The average Bonchev–Trinajstić information content (AvgIpc) is 2.52. The number of aryl methyl sites for hydroxylation is 1. The van der Waals surface area contributed by atoms with E-state index in [0.717, 1.165) is 19.4 Å². The molecule has 0 bridgehead atoms. The molecule has 0 aliphatic carbocycles. The lowest BCUT2D eigenvalue weighted by Gasteiger charge is -2.10. The number of hydrogen-bond acceptors (Lipinski definition) is 2. The second kappa shape index (κ2) is 6.18. The third-order valence-electron chi connectivity index (χ3n) is 3.61. The Hall–Kier alpha value is -0.860. The molecular formula is C15H23NO. The smallest absolute Gasteiger partial charge is 0.0465 e. The highest BCUT2D eigenvalue weighted by Crippen LogP contribution is 2.18. The van der Waals surface area contributed by atoms with Crippen LogP contribution in [0.4, 0.5) is 0 Å². The van der Waals surface area contributed by atoms with E-state index < -0.39 is 0 Å². The third kappa shape index (κ3) is 3.55. The molecule has 0 fully saturated rings. The molecule has 0 unspecified atom stereocenters. The summed E-state index contributed by atoms with van der Waals surface area (Å²) in [4.78, 5) is 2.42. The van der Waals surface area contributed by atoms with Gasteiger partial charge in [0.15, 0.2) is 0 Å². The van der Waals surface area contributed by atoms with Gasteiger partial charge >= 0.3 is 0 Å².